The number of benzene rings is 2. The maximum absolute atomic E-state index is 12.0. The Balaban J connectivity index is 1.72. The first kappa shape index (κ1) is 19.1. The molecule has 6 heteroatoms. The Morgan fingerprint density at radius 1 is 1.10 bits per heavy atom. The van der Waals surface area contributed by atoms with E-state index in [1.54, 1.807) is 30.6 Å². The predicted molar refractivity (Wildman–Crippen MR) is 115 cm³/mol. The lowest BCUT2D eigenvalue weighted by molar-refractivity contribution is 0.101. The van der Waals surface area contributed by atoms with Crippen LogP contribution in [0.2, 0.25) is 0 Å². The number of hydrogen-bond acceptors (Lipinski definition) is 5. The lowest BCUT2D eigenvalue weighted by Gasteiger charge is -2.11. The van der Waals surface area contributed by atoms with Crippen LogP contribution in [0.15, 0.2) is 79.3 Å². The molecular weight excluding hydrogens is 374 g/mol. The van der Waals surface area contributed by atoms with Crippen LogP contribution in [0, 0.1) is 11.3 Å². The first-order valence-electron chi connectivity index (χ1n) is 9.49. The summed E-state index contributed by atoms with van der Waals surface area (Å²) in [6.45, 7) is 1.96. The van der Waals surface area contributed by atoms with Gasteiger partial charge in [0.15, 0.2) is 5.78 Å². The SMILES string of the molecule is CC(=O)c1ccc(C#N)cc1NCc1cn(-c2ccccc2)nc1-c1ccncc1. The second kappa shape index (κ2) is 8.41. The third-order valence-electron chi connectivity index (χ3n) is 4.76. The standard InChI is InChI=1S/C24H19N5O/c1-17(30)22-8-7-18(14-25)13-23(22)27-15-20-16-29(21-5-3-2-4-6-21)28-24(20)19-9-11-26-12-10-19/h2-13,16,27H,15H2,1H3. The molecule has 30 heavy (non-hydrogen) atoms. The molecule has 2 aromatic carbocycles. The number of para-hydroxylation sites is 1. The number of pyridine rings is 1. The second-order valence-corrected chi connectivity index (χ2v) is 6.80. The van der Waals surface area contributed by atoms with Crippen LogP contribution in [-0.4, -0.2) is 20.5 Å². The van der Waals surface area contributed by atoms with Crippen LogP contribution >= 0.6 is 0 Å². The van der Waals surface area contributed by atoms with Gasteiger partial charge in [0.05, 0.1) is 23.0 Å². The van der Waals surface area contributed by atoms with Crippen molar-refractivity contribution in [1.82, 2.24) is 14.8 Å². The van der Waals surface area contributed by atoms with E-state index in [4.69, 9.17) is 5.10 Å². The molecule has 0 atom stereocenters. The molecule has 0 saturated carbocycles. The van der Waals surface area contributed by atoms with Crippen molar-refractivity contribution in [3.63, 3.8) is 0 Å². The van der Waals surface area contributed by atoms with Crippen molar-refractivity contribution in [3.05, 3.63) is 95.9 Å². The van der Waals surface area contributed by atoms with E-state index in [-0.39, 0.29) is 5.78 Å². The molecule has 0 aliphatic carbocycles. The highest BCUT2D eigenvalue weighted by atomic mass is 16.1. The summed E-state index contributed by atoms with van der Waals surface area (Å²) in [5.74, 6) is -0.0590. The zero-order valence-electron chi connectivity index (χ0n) is 16.4. The minimum absolute atomic E-state index is 0.0590. The number of nitrogens with zero attached hydrogens (tertiary/aromatic N) is 4. The minimum Gasteiger partial charge on any atom is -0.380 e. The number of aromatic nitrogens is 3. The molecular formula is C24H19N5O. The summed E-state index contributed by atoms with van der Waals surface area (Å²) in [5.41, 5.74) is 5.38. The Bertz CT molecular complexity index is 1220. The number of Topliss-reactive ketones (excluding diaryl/α,β-unsaturated/α-hetero) is 1. The first-order chi connectivity index (χ1) is 14.7. The van der Waals surface area contributed by atoms with Crippen molar-refractivity contribution in [2.75, 3.05) is 5.32 Å². The summed E-state index contributed by atoms with van der Waals surface area (Å²) in [6.07, 6.45) is 5.44. The highest BCUT2D eigenvalue weighted by Crippen LogP contribution is 2.25. The Labute approximate surface area is 174 Å². The third kappa shape index (κ3) is 3.96. The minimum atomic E-state index is -0.0590. The first-order valence-corrected chi connectivity index (χ1v) is 9.49. The monoisotopic (exact) mass is 393 g/mol. The smallest absolute Gasteiger partial charge is 0.161 e. The third-order valence-corrected chi connectivity index (χ3v) is 4.76. The lowest BCUT2D eigenvalue weighted by atomic mass is 10.1. The van der Waals surface area contributed by atoms with E-state index in [2.05, 4.69) is 16.4 Å². The zero-order chi connectivity index (χ0) is 20.9. The number of rotatable bonds is 6. The van der Waals surface area contributed by atoms with Crippen LogP contribution in [0.4, 0.5) is 5.69 Å². The molecule has 0 unspecified atom stereocenters. The van der Waals surface area contributed by atoms with Gasteiger partial charge < -0.3 is 5.32 Å². The topological polar surface area (TPSA) is 83.6 Å². The Morgan fingerprint density at radius 2 is 1.87 bits per heavy atom. The van der Waals surface area contributed by atoms with Crippen molar-refractivity contribution in [2.24, 2.45) is 0 Å². The molecule has 4 rings (SSSR count). The average molecular weight is 393 g/mol. The Kier molecular flexibility index (Phi) is 5.35. The lowest BCUT2D eigenvalue weighted by Crippen LogP contribution is -2.06. The van der Waals surface area contributed by atoms with Crippen molar-refractivity contribution >= 4 is 11.5 Å². The summed E-state index contributed by atoms with van der Waals surface area (Å²) >= 11 is 0. The molecule has 1 N–H and O–H groups in total. The van der Waals surface area contributed by atoms with Gasteiger partial charge >= 0.3 is 0 Å². The Morgan fingerprint density at radius 3 is 2.57 bits per heavy atom. The van der Waals surface area contributed by atoms with Gasteiger partial charge in [-0.05, 0) is 49.4 Å². The molecule has 0 radical (unpaired) electrons. The van der Waals surface area contributed by atoms with Gasteiger partial charge in [0.2, 0.25) is 0 Å². The molecule has 0 aliphatic rings. The second-order valence-electron chi connectivity index (χ2n) is 6.80. The normalized spacial score (nSPS) is 10.4. The molecule has 4 aromatic rings. The number of nitriles is 1. The molecule has 0 fully saturated rings. The van der Waals surface area contributed by atoms with Crippen molar-refractivity contribution in [2.45, 2.75) is 13.5 Å². The largest absolute Gasteiger partial charge is 0.380 e. The van der Waals surface area contributed by atoms with Crippen molar-refractivity contribution in [1.29, 1.82) is 5.26 Å². The fourth-order valence-corrected chi connectivity index (χ4v) is 3.26. The number of carbonyl (C=O) groups is 1. The van der Waals surface area contributed by atoms with Gasteiger partial charge in [-0.2, -0.15) is 10.4 Å². The number of nitrogens with one attached hydrogen (secondary N) is 1. The van der Waals surface area contributed by atoms with E-state index >= 15 is 0 Å². The molecule has 146 valence electrons. The quantitative estimate of drug-likeness (QED) is 0.483. The van der Waals surface area contributed by atoms with E-state index in [9.17, 15) is 10.1 Å². The summed E-state index contributed by atoms with van der Waals surface area (Å²) < 4.78 is 1.84. The van der Waals surface area contributed by atoms with E-state index < -0.39 is 0 Å². The molecule has 0 amide bonds. The molecule has 2 heterocycles. The highest BCUT2D eigenvalue weighted by Gasteiger charge is 2.14. The summed E-state index contributed by atoms with van der Waals surface area (Å²) in [5, 5.41) is 17.3. The molecule has 0 aliphatic heterocycles. The van der Waals surface area contributed by atoms with E-state index in [1.165, 1.54) is 6.92 Å². The molecule has 0 bridgehead atoms. The van der Waals surface area contributed by atoms with Gasteiger partial charge in [0.1, 0.15) is 0 Å². The van der Waals surface area contributed by atoms with Gasteiger partial charge in [0.25, 0.3) is 0 Å². The van der Waals surface area contributed by atoms with E-state index in [0.717, 1.165) is 22.5 Å². The Hall–Kier alpha value is -4.24. The van der Waals surface area contributed by atoms with Crippen LogP contribution < -0.4 is 5.32 Å². The van der Waals surface area contributed by atoms with Gasteiger partial charge in [0, 0.05) is 47.5 Å². The molecule has 6 nitrogen and oxygen atoms in total. The number of anilines is 1. The van der Waals surface area contributed by atoms with Crippen molar-refractivity contribution < 1.29 is 4.79 Å². The number of ketones is 1. The van der Waals surface area contributed by atoms with Crippen molar-refractivity contribution in [3.8, 4) is 23.0 Å². The van der Waals surface area contributed by atoms with Crippen LogP contribution in [-0.2, 0) is 6.54 Å². The maximum atomic E-state index is 12.0. The number of hydrogen-bond donors (Lipinski definition) is 1. The maximum Gasteiger partial charge on any atom is 0.161 e. The summed E-state index contributed by atoms with van der Waals surface area (Å²) in [4.78, 5) is 16.1. The van der Waals surface area contributed by atoms with Gasteiger partial charge in [-0.1, -0.05) is 18.2 Å². The van der Waals surface area contributed by atoms with Crippen LogP contribution in [0.5, 0.6) is 0 Å². The summed E-state index contributed by atoms with van der Waals surface area (Å²) in [6, 6.07) is 20.9. The predicted octanol–water partition coefficient (Wildman–Crippen LogP) is 4.62. The molecule has 0 saturated heterocycles. The zero-order valence-corrected chi connectivity index (χ0v) is 16.4. The summed E-state index contributed by atoms with van der Waals surface area (Å²) in [7, 11) is 0. The fraction of sp³-hybridized carbons (Fsp3) is 0.0833. The van der Waals surface area contributed by atoms with Gasteiger partial charge in [-0.15, -0.1) is 0 Å². The fourth-order valence-electron chi connectivity index (χ4n) is 3.26. The van der Waals surface area contributed by atoms with Crippen LogP contribution in [0.3, 0.4) is 0 Å². The molecule has 0 spiro atoms. The van der Waals surface area contributed by atoms with E-state index in [1.807, 2.05) is 53.3 Å². The van der Waals surface area contributed by atoms with Crippen LogP contribution in [0.25, 0.3) is 16.9 Å². The van der Waals surface area contributed by atoms with Crippen LogP contribution in [0.1, 0.15) is 28.4 Å². The van der Waals surface area contributed by atoms with E-state index in [0.29, 0.717) is 23.4 Å². The molecule has 2 aromatic heterocycles. The highest BCUT2D eigenvalue weighted by molar-refractivity contribution is 5.99. The number of carbonyl (C=O) groups excluding carboxylic acids is 1. The van der Waals surface area contributed by atoms with Gasteiger partial charge in [-0.3, -0.25) is 9.78 Å². The van der Waals surface area contributed by atoms with Gasteiger partial charge in [-0.25, -0.2) is 4.68 Å². The average Bonchev–Trinajstić information content (AvgIpc) is 3.23.